The average Bonchev–Trinajstić information content (AvgIpc) is 2.82. The summed E-state index contributed by atoms with van der Waals surface area (Å²) >= 11 is 25.0. The topological polar surface area (TPSA) is 86.8 Å². The first-order chi connectivity index (χ1) is 17.4. The number of halogens is 4. The highest BCUT2D eigenvalue weighted by Crippen LogP contribution is 2.31. The van der Waals surface area contributed by atoms with E-state index in [2.05, 4.69) is 5.32 Å². The molecule has 0 heterocycles. The fraction of sp³-hybridized carbons (Fsp3) is 0.440. The van der Waals surface area contributed by atoms with Gasteiger partial charge in [0.2, 0.25) is 21.8 Å². The maximum Gasteiger partial charge on any atom is 0.242 e. The Balaban J connectivity index is 2.23. The van der Waals surface area contributed by atoms with Crippen molar-refractivity contribution < 1.29 is 18.0 Å². The third kappa shape index (κ3) is 9.21. The zero-order valence-electron chi connectivity index (χ0n) is 20.9. The van der Waals surface area contributed by atoms with Gasteiger partial charge >= 0.3 is 0 Å². The van der Waals surface area contributed by atoms with Crippen LogP contribution in [0.3, 0.4) is 0 Å². The number of rotatable bonds is 13. The monoisotopic (exact) mass is 609 g/mol. The van der Waals surface area contributed by atoms with Crippen molar-refractivity contribution in [1.82, 2.24) is 10.2 Å². The second-order valence-electron chi connectivity index (χ2n) is 8.58. The Kier molecular flexibility index (Phi) is 12.3. The summed E-state index contributed by atoms with van der Waals surface area (Å²) in [5, 5.41) is 4.15. The second-order valence-corrected chi connectivity index (χ2v) is 12.1. The highest BCUT2D eigenvalue weighted by Gasteiger charge is 2.28. The van der Waals surface area contributed by atoms with E-state index in [4.69, 9.17) is 46.4 Å². The predicted molar refractivity (Wildman–Crippen MR) is 152 cm³/mol. The van der Waals surface area contributed by atoms with Gasteiger partial charge in [-0.3, -0.25) is 13.9 Å². The van der Waals surface area contributed by atoms with Crippen LogP contribution in [0.1, 0.15) is 45.1 Å². The molecule has 37 heavy (non-hydrogen) atoms. The first-order valence-corrected chi connectivity index (χ1v) is 15.2. The van der Waals surface area contributed by atoms with E-state index < -0.39 is 16.1 Å². The van der Waals surface area contributed by atoms with Crippen molar-refractivity contribution in [2.45, 2.75) is 52.1 Å². The molecule has 2 aromatic carbocycles. The van der Waals surface area contributed by atoms with Gasteiger partial charge in [0.05, 0.1) is 17.0 Å². The minimum Gasteiger partial charge on any atom is -0.354 e. The number of nitrogens with zero attached hydrogens (tertiary/aromatic N) is 2. The maximum absolute atomic E-state index is 13.4. The lowest BCUT2D eigenvalue weighted by atomic mass is 10.1. The van der Waals surface area contributed by atoms with Gasteiger partial charge in [0.1, 0.15) is 6.04 Å². The fourth-order valence-corrected chi connectivity index (χ4v) is 5.55. The molecule has 1 atom stereocenters. The molecule has 0 bridgehead atoms. The summed E-state index contributed by atoms with van der Waals surface area (Å²) in [4.78, 5) is 27.6. The van der Waals surface area contributed by atoms with Crippen LogP contribution in [-0.2, 0) is 26.2 Å². The quantitative estimate of drug-likeness (QED) is 0.274. The molecule has 1 N–H and O–H groups in total. The molecule has 2 amide bonds. The number of benzene rings is 2. The molecule has 204 valence electrons. The predicted octanol–water partition coefficient (Wildman–Crippen LogP) is 6.18. The number of hydrogen-bond acceptors (Lipinski definition) is 4. The van der Waals surface area contributed by atoms with Gasteiger partial charge in [-0.15, -0.1) is 0 Å². The van der Waals surface area contributed by atoms with Crippen LogP contribution in [0.15, 0.2) is 36.4 Å². The van der Waals surface area contributed by atoms with Crippen molar-refractivity contribution in [2.24, 2.45) is 0 Å². The Bertz CT molecular complexity index is 1190. The van der Waals surface area contributed by atoms with E-state index in [1.807, 2.05) is 6.92 Å². The van der Waals surface area contributed by atoms with Crippen molar-refractivity contribution in [3.05, 3.63) is 62.1 Å². The van der Waals surface area contributed by atoms with Crippen LogP contribution in [0.5, 0.6) is 0 Å². The van der Waals surface area contributed by atoms with Gasteiger partial charge in [-0.1, -0.05) is 65.8 Å². The SMILES string of the molecule is CCCCNC(=O)C(C)N(Cc1c(Cl)cccc1Cl)C(=O)CCCN(c1cc(Cl)ccc1Cl)S(C)(=O)=O. The van der Waals surface area contributed by atoms with E-state index in [1.165, 1.54) is 17.0 Å². The third-order valence-electron chi connectivity index (χ3n) is 5.72. The van der Waals surface area contributed by atoms with Crippen molar-refractivity contribution in [1.29, 1.82) is 0 Å². The molecule has 0 saturated carbocycles. The fourth-order valence-electron chi connectivity index (χ4n) is 3.63. The molecule has 0 fully saturated rings. The minimum absolute atomic E-state index is 0.0115. The molecule has 0 radical (unpaired) electrons. The zero-order chi connectivity index (χ0) is 27.8. The Morgan fingerprint density at radius 2 is 1.65 bits per heavy atom. The summed E-state index contributed by atoms with van der Waals surface area (Å²) in [6.45, 7) is 4.16. The molecule has 7 nitrogen and oxygen atoms in total. The van der Waals surface area contributed by atoms with Crippen molar-refractivity contribution in [3.8, 4) is 0 Å². The molecule has 2 rings (SSSR count). The molecule has 0 aromatic heterocycles. The number of sulfonamides is 1. The molecule has 2 aromatic rings. The number of carbonyl (C=O) groups is 2. The van der Waals surface area contributed by atoms with Gasteiger partial charge in [-0.25, -0.2) is 8.42 Å². The number of carbonyl (C=O) groups excluding carboxylic acids is 2. The van der Waals surface area contributed by atoms with Gasteiger partial charge in [-0.2, -0.15) is 0 Å². The van der Waals surface area contributed by atoms with Crippen molar-refractivity contribution in [3.63, 3.8) is 0 Å². The lowest BCUT2D eigenvalue weighted by Gasteiger charge is -2.30. The Hall–Kier alpha value is -1.71. The summed E-state index contributed by atoms with van der Waals surface area (Å²) < 4.78 is 26.1. The molecule has 12 heteroatoms. The second kappa shape index (κ2) is 14.4. The lowest BCUT2D eigenvalue weighted by Crippen LogP contribution is -2.48. The zero-order valence-corrected chi connectivity index (χ0v) is 24.8. The first-order valence-electron chi connectivity index (χ1n) is 11.8. The molecule has 0 spiro atoms. The van der Waals surface area contributed by atoms with Crippen LogP contribution in [0, 0.1) is 0 Å². The summed E-state index contributed by atoms with van der Waals surface area (Å²) in [5.41, 5.74) is 0.753. The van der Waals surface area contributed by atoms with Crippen molar-refractivity contribution >= 4 is 73.9 Å². The van der Waals surface area contributed by atoms with Crippen LogP contribution in [0.25, 0.3) is 0 Å². The smallest absolute Gasteiger partial charge is 0.242 e. The van der Waals surface area contributed by atoms with Crippen LogP contribution in [-0.4, -0.2) is 50.5 Å². The largest absolute Gasteiger partial charge is 0.354 e. The van der Waals surface area contributed by atoms with Crippen molar-refractivity contribution in [2.75, 3.05) is 23.7 Å². The molecule has 0 aliphatic carbocycles. The first kappa shape index (κ1) is 31.5. The van der Waals surface area contributed by atoms with Crippen LogP contribution in [0.2, 0.25) is 20.1 Å². The van der Waals surface area contributed by atoms with Gasteiger partial charge in [0.25, 0.3) is 0 Å². The van der Waals surface area contributed by atoms with Crippen LogP contribution < -0.4 is 9.62 Å². The summed E-state index contributed by atoms with van der Waals surface area (Å²) in [5.74, 6) is -0.645. The Morgan fingerprint density at radius 1 is 1.00 bits per heavy atom. The van der Waals surface area contributed by atoms with Gasteiger partial charge in [0, 0.05) is 46.7 Å². The summed E-state index contributed by atoms with van der Waals surface area (Å²) in [7, 11) is -3.71. The summed E-state index contributed by atoms with van der Waals surface area (Å²) in [6.07, 6.45) is 2.93. The Morgan fingerprint density at radius 3 is 2.24 bits per heavy atom. The maximum atomic E-state index is 13.4. The standard InChI is InChI=1S/C25H31Cl4N3O4S/c1-4-5-13-30-25(34)17(2)31(16-19-20(27)8-6-9-21(19)28)24(33)10-7-14-32(37(3,35)36)23-15-18(26)11-12-22(23)29/h6,8-9,11-12,15,17H,4-5,7,10,13-14,16H2,1-3H3,(H,30,34). The number of hydrogen-bond donors (Lipinski definition) is 1. The molecule has 0 saturated heterocycles. The van der Waals surface area contributed by atoms with Gasteiger partial charge in [0.15, 0.2) is 0 Å². The van der Waals surface area contributed by atoms with Crippen LogP contribution >= 0.6 is 46.4 Å². The highest BCUT2D eigenvalue weighted by atomic mass is 35.5. The van der Waals surface area contributed by atoms with Gasteiger partial charge in [-0.05, 0) is 50.1 Å². The normalized spacial score (nSPS) is 12.2. The van der Waals surface area contributed by atoms with E-state index in [-0.39, 0.29) is 48.5 Å². The molecule has 0 aliphatic heterocycles. The Labute approximate surface area is 239 Å². The lowest BCUT2D eigenvalue weighted by molar-refractivity contribution is -0.140. The number of anilines is 1. The van der Waals surface area contributed by atoms with E-state index in [1.54, 1.807) is 31.2 Å². The van der Waals surface area contributed by atoms with Crippen LogP contribution in [0.4, 0.5) is 5.69 Å². The summed E-state index contributed by atoms with van der Waals surface area (Å²) in [6, 6.07) is 8.75. The van der Waals surface area contributed by atoms with E-state index in [9.17, 15) is 18.0 Å². The molecule has 0 aliphatic rings. The third-order valence-corrected chi connectivity index (χ3v) is 8.16. The van der Waals surface area contributed by atoms with E-state index in [0.29, 0.717) is 27.2 Å². The number of nitrogens with one attached hydrogen (secondary N) is 1. The molecular formula is C25H31Cl4N3O4S. The number of amides is 2. The molecular weight excluding hydrogens is 580 g/mol. The van der Waals surface area contributed by atoms with Gasteiger partial charge < -0.3 is 10.2 Å². The molecule has 1 unspecified atom stereocenters. The highest BCUT2D eigenvalue weighted by molar-refractivity contribution is 7.92. The number of unbranched alkanes of at least 4 members (excludes halogenated alkanes) is 1. The average molecular weight is 611 g/mol. The van der Waals surface area contributed by atoms with E-state index >= 15 is 0 Å². The minimum atomic E-state index is -3.71. The van der Waals surface area contributed by atoms with E-state index in [0.717, 1.165) is 23.4 Å².